The molecule has 3 heterocycles. The summed E-state index contributed by atoms with van der Waals surface area (Å²) in [6.07, 6.45) is -1.12. The topological polar surface area (TPSA) is 200 Å². The molecule has 0 spiro atoms. The van der Waals surface area contributed by atoms with E-state index in [1.54, 1.807) is 83.1 Å². The van der Waals surface area contributed by atoms with Crippen LogP contribution in [0.2, 0.25) is 0 Å². The Morgan fingerprint density at radius 2 is 0.893 bits per heavy atom. The fraction of sp³-hybridized carbons (Fsp3) is 0.667. The average Bonchev–Trinajstić information content (AvgIpc) is 3.21. The molecule has 1 saturated heterocycles. The van der Waals surface area contributed by atoms with Crippen LogP contribution in [0.4, 0.5) is 30.8 Å². The standard InChI is InChI=1S/C21H34BN3O7.C15H22BrN3O5/c1-18(2,3)29-16(26)25(17(27)30-19(4,5)6)14-15(28-11)24-13(12-23-14)22-31-20(7,8)21(9,10)32-22;1-14(2,3)23-12(20)19(13(21)24-15(4,5)6)10-11(22-7)18-9(16)8-17-10/h12H,1-11H3;8H,1-7H3. The molecule has 20 heteroatoms. The Morgan fingerprint density at radius 1 is 0.589 bits per heavy atom. The SMILES string of the molecule is COc1nc(B2OC(C)(C)C(C)(C)O2)cnc1N(C(=O)OC(C)(C)C)C(=O)OC(C)(C)C.COc1nc(Br)cnc1N(C(=O)OC(C)(C)C)C(=O)OC(C)(C)C. The Kier molecular flexibility index (Phi) is 14.9. The third kappa shape index (κ3) is 13.7. The summed E-state index contributed by atoms with van der Waals surface area (Å²) in [6.45, 7) is 27.9. The van der Waals surface area contributed by atoms with Crippen molar-refractivity contribution >= 4 is 64.7 Å². The van der Waals surface area contributed by atoms with E-state index in [1.807, 2.05) is 27.7 Å². The summed E-state index contributed by atoms with van der Waals surface area (Å²) in [4.78, 5) is 68.9. The molecule has 312 valence electrons. The molecule has 1 aliphatic rings. The number of aromatic nitrogens is 4. The number of ether oxygens (including phenoxy) is 6. The van der Waals surface area contributed by atoms with Crippen LogP contribution in [0.1, 0.15) is 111 Å². The van der Waals surface area contributed by atoms with Gasteiger partial charge in [0.1, 0.15) is 27.0 Å². The average molecular weight is 856 g/mol. The molecule has 2 aromatic rings. The van der Waals surface area contributed by atoms with Crippen molar-refractivity contribution in [1.82, 2.24) is 19.9 Å². The molecule has 3 rings (SSSR count). The van der Waals surface area contributed by atoms with Crippen LogP contribution in [-0.4, -0.2) is 99.3 Å². The maximum absolute atomic E-state index is 12.9. The van der Waals surface area contributed by atoms with Gasteiger partial charge in [-0.05, 0) is 127 Å². The summed E-state index contributed by atoms with van der Waals surface area (Å²) in [5, 5.41) is 0. The third-order valence-corrected chi connectivity index (χ3v) is 7.43. The lowest BCUT2D eigenvalue weighted by Gasteiger charge is -2.32. The molecular formula is C36H56BBrN6O12. The molecule has 2 aromatic heterocycles. The number of amides is 4. The van der Waals surface area contributed by atoms with E-state index in [-0.39, 0.29) is 23.4 Å². The first-order valence-corrected chi connectivity index (χ1v) is 18.4. The maximum Gasteiger partial charge on any atom is 0.516 e. The summed E-state index contributed by atoms with van der Waals surface area (Å²) < 4.78 is 44.2. The number of nitrogens with zero attached hydrogens (tertiary/aromatic N) is 6. The largest absolute Gasteiger partial charge is 0.516 e. The Hall–Kier alpha value is -4.30. The smallest absolute Gasteiger partial charge is 0.478 e. The summed E-state index contributed by atoms with van der Waals surface area (Å²) in [5.41, 5.74) is -4.17. The second-order valence-corrected chi connectivity index (χ2v) is 18.1. The second kappa shape index (κ2) is 17.5. The molecular weight excluding hydrogens is 799 g/mol. The zero-order valence-corrected chi connectivity index (χ0v) is 37.3. The molecule has 1 fully saturated rings. The number of hydrogen-bond donors (Lipinski definition) is 0. The van der Waals surface area contributed by atoms with Gasteiger partial charge in [-0.3, -0.25) is 0 Å². The minimum Gasteiger partial charge on any atom is -0.478 e. The minimum absolute atomic E-state index is 0.0268. The van der Waals surface area contributed by atoms with Crippen LogP contribution in [-0.2, 0) is 28.3 Å². The van der Waals surface area contributed by atoms with Gasteiger partial charge in [0.05, 0.1) is 37.2 Å². The zero-order chi connectivity index (χ0) is 43.4. The number of hydrogen-bond acceptors (Lipinski definition) is 16. The summed E-state index contributed by atoms with van der Waals surface area (Å²) in [5.74, 6) is -0.407. The van der Waals surface area contributed by atoms with Crippen LogP contribution in [0.25, 0.3) is 0 Å². The highest BCUT2D eigenvalue weighted by Crippen LogP contribution is 2.37. The van der Waals surface area contributed by atoms with Crippen molar-refractivity contribution in [2.24, 2.45) is 0 Å². The quantitative estimate of drug-likeness (QED) is 0.213. The first-order chi connectivity index (χ1) is 25.2. The first-order valence-electron chi connectivity index (χ1n) is 17.6. The molecule has 0 unspecified atom stereocenters. The number of anilines is 2. The monoisotopic (exact) mass is 854 g/mol. The molecule has 56 heavy (non-hydrogen) atoms. The van der Waals surface area contributed by atoms with E-state index >= 15 is 0 Å². The van der Waals surface area contributed by atoms with Gasteiger partial charge in [-0.25, -0.2) is 39.1 Å². The predicted molar refractivity (Wildman–Crippen MR) is 210 cm³/mol. The van der Waals surface area contributed by atoms with Crippen LogP contribution in [0, 0.1) is 0 Å². The van der Waals surface area contributed by atoms with E-state index in [2.05, 4.69) is 35.9 Å². The number of rotatable bonds is 5. The first kappa shape index (κ1) is 47.9. The van der Waals surface area contributed by atoms with E-state index in [1.165, 1.54) is 26.6 Å². The van der Waals surface area contributed by atoms with Gasteiger partial charge in [0.15, 0.2) is 0 Å². The van der Waals surface area contributed by atoms with E-state index in [4.69, 9.17) is 37.7 Å². The van der Waals surface area contributed by atoms with E-state index < -0.39 is 65.1 Å². The number of carbonyl (C=O) groups excluding carboxylic acids is 4. The van der Waals surface area contributed by atoms with Crippen molar-refractivity contribution in [2.75, 3.05) is 24.0 Å². The molecule has 0 radical (unpaired) electrons. The van der Waals surface area contributed by atoms with Crippen LogP contribution >= 0.6 is 15.9 Å². The lowest BCUT2D eigenvalue weighted by atomic mass is 9.85. The molecule has 4 amide bonds. The van der Waals surface area contributed by atoms with Gasteiger partial charge in [0, 0.05) is 6.20 Å². The maximum atomic E-state index is 12.9. The van der Waals surface area contributed by atoms with Gasteiger partial charge in [0.2, 0.25) is 11.6 Å². The molecule has 1 aliphatic heterocycles. The van der Waals surface area contributed by atoms with E-state index in [0.717, 1.165) is 0 Å². The van der Waals surface area contributed by atoms with Crippen molar-refractivity contribution < 1.29 is 56.9 Å². The van der Waals surface area contributed by atoms with Crippen LogP contribution in [0.3, 0.4) is 0 Å². The zero-order valence-electron chi connectivity index (χ0n) is 35.7. The molecule has 0 aromatic carbocycles. The summed E-state index contributed by atoms with van der Waals surface area (Å²) in [6, 6.07) is 0. The molecule has 0 N–H and O–H groups in total. The van der Waals surface area contributed by atoms with Gasteiger partial charge in [-0.15, -0.1) is 0 Å². The van der Waals surface area contributed by atoms with Crippen LogP contribution in [0.5, 0.6) is 11.8 Å². The molecule has 0 aliphatic carbocycles. The molecule has 0 atom stereocenters. The van der Waals surface area contributed by atoms with Gasteiger partial charge in [-0.2, -0.15) is 9.80 Å². The second-order valence-electron chi connectivity index (χ2n) is 17.3. The summed E-state index contributed by atoms with van der Waals surface area (Å²) in [7, 11) is 1.90. The number of carbonyl (C=O) groups is 4. The molecule has 0 bridgehead atoms. The van der Waals surface area contributed by atoms with Gasteiger partial charge < -0.3 is 37.7 Å². The number of imide groups is 2. The van der Waals surface area contributed by atoms with E-state index in [9.17, 15) is 19.2 Å². The lowest BCUT2D eigenvalue weighted by Crippen LogP contribution is -2.45. The number of methoxy groups -OCH3 is 2. The van der Waals surface area contributed by atoms with Crippen molar-refractivity contribution in [3.8, 4) is 11.8 Å². The molecule has 0 saturated carbocycles. The van der Waals surface area contributed by atoms with E-state index in [0.29, 0.717) is 20.0 Å². The van der Waals surface area contributed by atoms with Gasteiger partial charge >= 0.3 is 31.5 Å². The Balaban J connectivity index is 0.000000404. The van der Waals surface area contributed by atoms with Crippen LogP contribution in [0.15, 0.2) is 17.0 Å². The highest BCUT2D eigenvalue weighted by atomic mass is 79.9. The fourth-order valence-corrected chi connectivity index (χ4v) is 4.37. The van der Waals surface area contributed by atoms with Gasteiger partial charge in [0.25, 0.3) is 11.8 Å². The Morgan fingerprint density at radius 3 is 1.20 bits per heavy atom. The fourth-order valence-electron chi connectivity index (χ4n) is 4.11. The minimum atomic E-state index is -0.970. The lowest BCUT2D eigenvalue weighted by molar-refractivity contribution is 0.00578. The van der Waals surface area contributed by atoms with Crippen molar-refractivity contribution in [2.45, 2.75) is 144 Å². The third-order valence-electron chi connectivity index (χ3n) is 7.04. The predicted octanol–water partition coefficient (Wildman–Crippen LogP) is 7.39. The molecule has 18 nitrogen and oxygen atoms in total. The highest BCUT2D eigenvalue weighted by Gasteiger charge is 2.53. The van der Waals surface area contributed by atoms with Crippen molar-refractivity contribution in [1.29, 1.82) is 0 Å². The Bertz CT molecular complexity index is 1680. The summed E-state index contributed by atoms with van der Waals surface area (Å²) >= 11 is 3.15. The van der Waals surface area contributed by atoms with Gasteiger partial charge in [-0.1, -0.05) is 0 Å². The number of halogens is 1. The van der Waals surface area contributed by atoms with Crippen LogP contribution < -0.4 is 24.9 Å². The Labute approximate surface area is 337 Å². The normalized spacial score (nSPS) is 15.1. The van der Waals surface area contributed by atoms with Crippen molar-refractivity contribution in [3.63, 3.8) is 0 Å². The highest BCUT2D eigenvalue weighted by molar-refractivity contribution is 9.10. The van der Waals surface area contributed by atoms with Crippen molar-refractivity contribution in [3.05, 3.63) is 17.0 Å².